The maximum atomic E-state index is 12.4. The Balaban J connectivity index is 1.76. The van der Waals surface area contributed by atoms with E-state index in [1.807, 2.05) is 39.0 Å². The van der Waals surface area contributed by atoms with Crippen LogP contribution in [0.15, 0.2) is 43.0 Å². The summed E-state index contributed by atoms with van der Waals surface area (Å²) in [6, 6.07) is 11.1. The monoisotopic (exact) mass is 360 g/mol. The van der Waals surface area contributed by atoms with Gasteiger partial charge in [-0.2, -0.15) is 10.4 Å². The Kier molecular flexibility index (Phi) is 5.27. The van der Waals surface area contributed by atoms with Crippen LogP contribution in [0.1, 0.15) is 34.1 Å². The number of benzene rings is 1. The van der Waals surface area contributed by atoms with Crippen molar-refractivity contribution in [1.29, 1.82) is 5.26 Å². The van der Waals surface area contributed by atoms with Gasteiger partial charge in [-0.05, 0) is 44.5 Å². The predicted octanol–water partition coefficient (Wildman–Crippen LogP) is 2.65. The van der Waals surface area contributed by atoms with Gasteiger partial charge in [0, 0.05) is 22.9 Å². The van der Waals surface area contributed by atoms with Gasteiger partial charge in [-0.25, -0.2) is 4.98 Å². The third kappa shape index (κ3) is 4.18. The van der Waals surface area contributed by atoms with E-state index in [-0.39, 0.29) is 11.9 Å². The molecular weight excluding hydrogens is 340 g/mol. The Hall–Kier alpha value is -3.53. The summed E-state index contributed by atoms with van der Waals surface area (Å²) in [6.45, 7) is 6.25. The number of nitrogens with zero attached hydrogens (tertiary/aromatic N) is 5. The molecule has 27 heavy (non-hydrogen) atoms. The van der Waals surface area contributed by atoms with Crippen LogP contribution in [0, 0.1) is 25.2 Å². The Morgan fingerprint density at radius 2 is 2.04 bits per heavy atom. The molecule has 1 amide bonds. The van der Waals surface area contributed by atoms with Crippen molar-refractivity contribution in [2.24, 2.45) is 0 Å². The fraction of sp³-hybridized carbons (Fsp3) is 0.250. The zero-order chi connectivity index (χ0) is 19.4. The number of nitrogens with one attached hydrogen (secondary N) is 1. The molecule has 3 rings (SSSR count). The SMILES string of the molecule is Cc1cc(C)c(C#N)c(-c2ccc(C(=O)NC(C)Cn3cncn3)cc2)n1. The molecule has 1 N–H and O–H groups in total. The lowest BCUT2D eigenvalue weighted by molar-refractivity contribution is 0.0936. The van der Waals surface area contributed by atoms with Crippen molar-refractivity contribution in [3.63, 3.8) is 0 Å². The molecule has 7 nitrogen and oxygen atoms in total. The first kappa shape index (κ1) is 18.3. The smallest absolute Gasteiger partial charge is 0.251 e. The number of aromatic nitrogens is 4. The molecule has 0 saturated carbocycles. The molecule has 3 aromatic rings. The normalized spacial score (nSPS) is 11.6. The molecule has 1 unspecified atom stereocenters. The molecule has 136 valence electrons. The van der Waals surface area contributed by atoms with Crippen LogP contribution >= 0.6 is 0 Å². The minimum Gasteiger partial charge on any atom is -0.348 e. The number of amides is 1. The Bertz CT molecular complexity index is 987. The molecule has 0 aliphatic heterocycles. The first-order valence-electron chi connectivity index (χ1n) is 8.60. The zero-order valence-electron chi connectivity index (χ0n) is 15.5. The average molecular weight is 360 g/mol. The minimum atomic E-state index is -0.164. The molecule has 0 aliphatic carbocycles. The number of aryl methyl sites for hydroxylation is 2. The Morgan fingerprint density at radius 3 is 2.67 bits per heavy atom. The summed E-state index contributed by atoms with van der Waals surface area (Å²) in [5, 5.41) is 16.4. The highest BCUT2D eigenvalue weighted by Gasteiger charge is 2.13. The average Bonchev–Trinajstić information content (AvgIpc) is 3.14. The van der Waals surface area contributed by atoms with Gasteiger partial charge in [0.25, 0.3) is 5.91 Å². The Labute approximate surface area is 157 Å². The van der Waals surface area contributed by atoms with E-state index in [2.05, 4.69) is 26.5 Å². The molecule has 2 heterocycles. The summed E-state index contributed by atoms with van der Waals surface area (Å²) in [6.07, 6.45) is 3.07. The second kappa shape index (κ2) is 7.79. The summed E-state index contributed by atoms with van der Waals surface area (Å²) in [5.74, 6) is -0.164. The van der Waals surface area contributed by atoms with Crippen molar-refractivity contribution in [2.45, 2.75) is 33.4 Å². The molecule has 1 atom stereocenters. The van der Waals surface area contributed by atoms with E-state index in [1.54, 1.807) is 23.1 Å². The first-order valence-corrected chi connectivity index (χ1v) is 8.60. The van der Waals surface area contributed by atoms with Crippen LogP contribution in [0.2, 0.25) is 0 Å². The van der Waals surface area contributed by atoms with E-state index >= 15 is 0 Å². The zero-order valence-corrected chi connectivity index (χ0v) is 15.5. The topological polar surface area (TPSA) is 96.5 Å². The lowest BCUT2D eigenvalue weighted by Crippen LogP contribution is -2.35. The van der Waals surface area contributed by atoms with Crippen LogP contribution in [0.3, 0.4) is 0 Å². The van der Waals surface area contributed by atoms with Crippen molar-refractivity contribution in [3.8, 4) is 17.3 Å². The lowest BCUT2D eigenvalue weighted by Gasteiger charge is -2.14. The lowest BCUT2D eigenvalue weighted by atomic mass is 10.0. The molecule has 7 heteroatoms. The summed E-state index contributed by atoms with van der Waals surface area (Å²) in [7, 11) is 0. The summed E-state index contributed by atoms with van der Waals surface area (Å²) in [5.41, 5.74) is 4.30. The van der Waals surface area contributed by atoms with E-state index in [4.69, 9.17) is 0 Å². The van der Waals surface area contributed by atoms with Crippen LogP contribution < -0.4 is 5.32 Å². The van der Waals surface area contributed by atoms with Crippen LogP contribution in [-0.4, -0.2) is 31.7 Å². The fourth-order valence-electron chi connectivity index (χ4n) is 2.93. The number of hydrogen-bond acceptors (Lipinski definition) is 5. The number of rotatable bonds is 5. The molecule has 0 spiro atoms. The predicted molar refractivity (Wildman–Crippen MR) is 101 cm³/mol. The van der Waals surface area contributed by atoms with Crippen LogP contribution in [0.4, 0.5) is 0 Å². The van der Waals surface area contributed by atoms with Gasteiger partial charge in [0.15, 0.2) is 0 Å². The van der Waals surface area contributed by atoms with E-state index in [0.717, 1.165) is 16.8 Å². The number of carbonyl (C=O) groups excluding carboxylic acids is 1. The number of carbonyl (C=O) groups is 1. The quantitative estimate of drug-likeness (QED) is 0.754. The highest BCUT2D eigenvalue weighted by atomic mass is 16.1. The second-order valence-corrected chi connectivity index (χ2v) is 6.49. The van der Waals surface area contributed by atoms with Gasteiger partial charge in [0.1, 0.15) is 18.7 Å². The minimum absolute atomic E-state index is 0.0924. The van der Waals surface area contributed by atoms with E-state index < -0.39 is 0 Å². The summed E-state index contributed by atoms with van der Waals surface area (Å²) in [4.78, 5) is 20.8. The molecule has 0 fully saturated rings. The molecular formula is C20H20N6O. The van der Waals surface area contributed by atoms with E-state index in [1.165, 1.54) is 6.33 Å². The molecule has 0 radical (unpaired) electrons. The van der Waals surface area contributed by atoms with Gasteiger partial charge in [-0.15, -0.1) is 0 Å². The number of hydrogen-bond donors (Lipinski definition) is 1. The first-order chi connectivity index (χ1) is 13.0. The number of pyridine rings is 1. The van der Waals surface area contributed by atoms with E-state index in [9.17, 15) is 10.1 Å². The van der Waals surface area contributed by atoms with Crippen molar-refractivity contribution in [3.05, 3.63) is 65.4 Å². The third-order valence-corrected chi connectivity index (χ3v) is 4.18. The second-order valence-electron chi connectivity index (χ2n) is 6.49. The highest BCUT2D eigenvalue weighted by Crippen LogP contribution is 2.24. The largest absolute Gasteiger partial charge is 0.348 e. The maximum Gasteiger partial charge on any atom is 0.251 e. The van der Waals surface area contributed by atoms with Gasteiger partial charge in [0.2, 0.25) is 0 Å². The van der Waals surface area contributed by atoms with Crippen LogP contribution in [0.25, 0.3) is 11.3 Å². The summed E-state index contributed by atoms with van der Waals surface area (Å²) < 4.78 is 1.67. The van der Waals surface area contributed by atoms with Gasteiger partial charge in [-0.3, -0.25) is 14.5 Å². The molecule has 0 aliphatic rings. The van der Waals surface area contributed by atoms with Gasteiger partial charge in [-0.1, -0.05) is 12.1 Å². The third-order valence-electron chi connectivity index (χ3n) is 4.18. The highest BCUT2D eigenvalue weighted by molar-refractivity contribution is 5.94. The maximum absolute atomic E-state index is 12.4. The molecule has 0 saturated heterocycles. The standard InChI is InChI=1S/C20H20N6O/c1-13-8-14(2)24-19(18(13)9-21)16-4-6-17(7-5-16)20(27)25-15(3)10-26-12-22-11-23-26/h4-8,11-12,15H,10H2,1-3H3,(H,25,27). The van der Waals surface area contributed by atoms with Crippen molar-refractivity contribution in [1.82, 2.24) is 25.1 Å². The van der Waals surface area contributed by atoms with Crippen LogP contribution in [0.5, 0.6) is 0 Å². The van der Waals surface area contributed by atoms with Gasteiger partial charge >= 0.3 is 0 Å². The fourth-order valence-corrected chi connectivity index (χ4v) is 2.93. The number of nitriles is 1. The molecule has 2 aromatic heterocycles. The van der Waals surface area contributed by atoms with Crippen LogP contribution in [-0.2, 0) is 6.54 Å². The van der Waals surface area contributed by atoms with Gasteiger partial charge < -0.3 is 5.32 Å². The Morgan fingerprint density at radius 1 is 1.30 bits per heavy atom. The van der Waals surface area contributed by atoms with E-state index in [0.29, 0.717) is 23.4 Å². The molecule has 1 aromatic carbocycles. The molecule has 0 bridgehead atoms. The van der Waals surface area contributed by atoms with Crippen molar-refractivity contribution >= 4 is 5.91 Å². The van der Waals surface area contributed by atoms with Crippen molar-refractivity contribution < 1.29 is 4.79 Å². The van der Waals surface area contributed by atoms with Gasteiger partial charge in [0.05, 0.1) is 17.8 Å². The summed E-state index contributed by atoms with van der Waals surface area (Å²) >= 11 is 0. The van der Waals surface area contributed by atoms with Crippen molar-refractivity contribution in [2.75, 3.05) is 0 Å².